The molecule has 0 amide bonds. The van der Waals surface area contributed by atoms with Gasteiger partial charge in [0.05, 0.1) is 15.8 Å². The van der Waals surface area contributed by atoms with E-state index in [-0.39, 0.29) is 15.1 Å². The van der Waals surface area contributed by atoms with E-state index >= 15 is 0 Å². The van der Waals surface area contributed by atoms with Crippen molar-refractivity contribution in [2.45, 2.75) is 0 Å². The molecule has 6 rings (SSSR count). The zero-order chi connectivity index (χ0) is 28.5. The standard InChI is InChI=1S/2C18H15P.2ClH.Ru/c2*1-4-10-16(11-5-1)19(17-12-6-2-7-13-17)18-14-8-3-9-15-18;;;/h2*1-15H;2*1H;/q;;;;+2. The smallest absolute Gasteiger partial charge is 0.0620 e. The van der Waals surface area contributed by atoms with Crippen molar-refractivity contribution in [3.63, 3.8) is 0 Å². The number of hydrogen-bond acceptors (Lipinski definition) is 0. The Balaban J connectivity index is 0.000000173. The normalized spacial score (nSPS) is 10.3. The molecule has 0 radical (unpaired) electrons. The zero-order valence-corrected chi connectivity index (χ0v) is 27.7. The molecule has 0 saturated carbocycles. The van der Waals surface area contributed by atoms with E-state index in [1.807, 2.05) is 0 Å². The molecule has 0 fully saturated rings. The van der Waals surface area contributed by atoms with Crippen LogP contribution in [0.2, 0.25) is 0 Å². The van der Waals surface area contributed by atoms with Crippen molar-refractivity contribution in [2.75, 3.05) is 0 Å². The number of halogens is 2. The Hall–Kier alpha value is -2.62. The first-order chi connectivity index (χ1) is 20.3. The van der Waals surface area contributed by atoms with Gasteiger partial charge in [0.1, 0.15) is 31.8 Å². The van der Waals surface area contributed by atoms with E-state index < -0.39 is 15.8 Å². The second-order valence-electron chi connectivity index (χ2n) is 9.00. The Morgan fingerprint density at radius 1 is 0.268 bits per heavy atom. The molecule has 0 atom stereocenters. The Morgan fingerprint density at radius 2 is 0.390 bits per heavy atom. The molecule has 5 heteroatoms. The summed E-state index contributed by atoms with van der Waals surface area (Å²) in [5.41, 5.74) is 0. The molecule has 0 heterocycles. The minimum Gasteiger partial charge on any atom is -0.0620 e. The van der Waals surface area contributed by atoms with Crippen molar-refractivity contribution in [3.8, 4) is 0 Å². The molecule has 0 bridgehead atoms. The van der Waals surface area contributed by atoms with E-state index in [4.69, 9.17) is 19.4 Å². The number of hydrogen-bond donors (Lipinski definition) is 0. The molecule has 6 aromatic rings. The molecular weight excluding hydrogens is 666 g/mol. The van der Waals surface area contributed by atoms with Gasteiger partial charge < -0.3 is 0 Å². The van der Waals surface area contributed by atoms with Crippen LogP contribution in [0.3, 0.4) is 0 Å². The predicted octanol–water partition coefficient (Wildman–Crippen LogP) is 7.73. The van der Waals surface area contributed by atoms with Gasteiger partial charge in [0.15, 0.2) is 0 Å². The van der Waals surface area contributed by atoms with Crippen molar-refractivity contribution >= 4 is 67.1 Å². The topological polar surface area (TPSA) is 0 Å². The van der Waals surface area contributed by atoms with Crippen LogP contribution in [-0.2, 0) is 15.1 Å². The van der Waals surface area contributed by atoms with Crippen LogP contribution in [0, 0.1) is 0 Å². The number of rotatable bonds is 6. The van der Waals surface area contributed by atoms with Gasteiger partial charge in [-0.3, -0.25) is 0 Å². The molecule has 206 valence electrons. The first-order valence-electron chi connectivity index (χ1n) is 13.2. The summed E-state index contributed by atoms with van der Waals surface area (Å²) in [4.78, 5) is 0. The number of benzene rings is 6. The van der Waals surface area contributed by atoms with Gasteiger partial charge in [0.25, 0.3) is 0 Å². The van der Waals surface area contributed by atoms with E-state index in [1.165, 1.54) is 31.8 Å². The minimum atomic E-state index is -0.877. The van der Waals surface area contributed by atoms with E-state index in [0.29, 0.717) is 0 Å². The van der Waals surface area contributed by atoms with Crippen molar-refractivity contribution in [2.24, 2.45) is 0 Å². The summed E-state index contributed by atoms with van der Waals surface area (Å²) in [7, 11) is 7.95. The van der Waals surface area contributed by atoms with Gasteiger partial charge in [0.2, 0.25) is 0 Å². The van der Waals surface area contributed by atoms with Gasteiger partial charge in [-0.2, -0.15) is 0 Å². The molecule has 0 aliphatic rings. The molecule has 0 N–H and O–H groups in total. The molecular formula is C36H32Cl2P2Ru+2. The third-order valence-electron chi connectivity index (χ3n) is 6.37. The molecule has 0 aliphatic carbocycles. The van der Waals surface area contributed by atoms with Crippen LogP contribution in [0.1, 0.15) is 0 Å². The van der Waals surface area contributed by atoms with Crippen LogP contribution in [-0.4, -0.2) is 0 Å². The largest absolute Gasteiger partial charge is 0.102 e. The van der Waals surface area contributed by atoms with Gasteiger partial charge in [0, 0.05) is 0 Å². The van der Waals surface area contributed by atoms with Gasteiger partial charge in [-0.1, -0.05) is 109 Å². The Bertz CT molecular complexity index is 1200. The molecule has 41 heavy (non-hydrogen) atoms. The fourth-order valence-electron chi connectivity index (χ4n) is 4.63. The van der Waals surface area contributed by atoms with Gasteiger partial charge >= 0.3 is 34.5 Å². The van der Waals surface area contributed by atoms with Crippen molar-refractivity contribution in [1.82, 2.24) is 0 Å². The first kappa shape index (κ1) is 31.3. The monoisotopic (exact) mass is 698 g/mol. The van der Waals surface area contributed by atoms with Crippen LogP contribution in [0.4, 0.5) is 0 Å². The molecule has 0 aliphatic heterocycles. The average Bonchev–Trinajstić information content (AvgIpc) is 3.05. The SMILES string of the molecule is [Cl][Ru][Cl].c1ccc([PH+](c2ccccc2)c2ccccc2)cc1.c1ccc([PH+](c2ccccc2)c2ccccc2)cc1. The molecule has 0 aromatic heterocycles. The molecule has 0 nitrogen and oxygen atoms in total. The molecule has 6 aromatic carbocycles. The van der Waals surface area contributed by atoms with Crippen LogP contribution >= 0.6 is 35.2 Å². The summed E-state index contributed by atoms with van der Waals surface area (Å²) in [5, 5.41) is 8.61. The van der Waals surface area contributed by atoms with Crippen LogP contribution in [0.5, 0.6) is 0 Å². The van der Waals surface area contributed by atoms with Crippen molar-refractivity contribution < 1.29 is 15.1 Å². The van der Waals surface area contributed by atoms with Crippen LogP contribution in [0.25, 0.3) is 0 Å². The van der Waals surface area contributed by atoms with Crippen LogP contribution in [0.15, 0.2) is 182 Å². The molecule has 0 saturated heterocycles. The minimum absolute atomic E-state index is 0.346. The fourth-order valence-corrected chi connectivity index (χ4v) is 9.78. The van der Waals surface area contributed by atoms with Gasteiger partial charge in [-0.05, 0) is 72.8 Å². The Kier molecular flexibility index (Phi) is 13.8. The third-order valence-corrected chi connectivity index (χ3v) is 11.8. The van der Waals surface area contributed by atoms with E-state index in [0.717, 1.165) is 0 Å². The van der Waals surface area contributed by atoms with E-state index in [2.05, 4.69) is 182 Å². The van der Waals surface area contributed by atoms with Gasteiger partial charge in [-0.25, -0.2) is 0 Å². The summed E-state index contributed by atoms with van der Waals surface area (Å²) in [6.45, 7) is 0. The van der Waals surface area contributed by atoms with Crippen molar-refractivity contribution in [3.05, 3.63) is 182 Å². The summed E-state index contributed by atoms with van der Waals surface area (Å²) in [6, 6.07) is 65.0. The van der Waals surface area contributed by atoms with Crippen molar-refractivity contribution in [1.29, 1.82) is 0 Å². The second-order valence-corrected chi connectivity index (χ2v) is 16.6. The quantitative estimate of drug-likeness (QED) is 0.124. The van der Waals surface area contributed by atoms with Crippen LogP contribution < -0.4 is 31.8 Å². The summed E-state index contributed by atoms with van der Waals surface area (Å²) in [6.07, 6.45) is 0. The van der Waals surface area contributed by atoms with E-state index in [9.17, 15) is 0 Å². The summed E-state index contributed by atoms with van der Waals surface area (Å²) >= 11 is -0.346. The summed E-state index contributed by atoms with van der Waals surface area (Å²) < 4.78 is 0. The third kappa shape index (κ3) is 9.72. The Labute approximate surface area is 262 Å². The maximum atomic E-state index is 4.85. The maximum absolute atomic E-state index is 4.85. The second kappa shape index (κ2) is 18.0. The van der Waals surface area contributed by atoms with E-state index in [1.54, 1.807) is 0 Å². The molecule has 0 unspecified atom stereocenters. The summed E-state index contributed by atoms with van der Waals surface area (Å²) in [5.74, 6) is 0. The van der Waals surface area contributed by atoms with Gasteiger partial charge in [-0.15, -0.1) is 0 Å². The molecule has 0 spiro atoms. The maximum Gasteiger partial charge on any atom is 0.102 e. The zero-order valence-electron chi connectivity index (χ0n) is 22.4. The first-order valence-corrected chi connectivity index (χ1v) is 20.7. The predicted molar refractivity (Wildman–Crippen MR) is 185 cm³/mol. The Morgan fingerprint density at radius 3 is 0.512 bits per heavy atom. The fraction of sp³-hybridized carbons (Fsp3) is 0. The average molecular weight is 699 g/mol.